The van der Waals surface area contributed by atoms with Crippen molar-refractivity contribution < 1.29 is 34.7 Å². The molecule has 0 saturated heterocycles. The van der Waals surface area contributed by atoms with Crippen LogP contribution in [0.2, 0.25) is 0 Å². The van der Waals surface area contributed by atoms with Crippen molar-refractivity contribution in [3.63, 3.8) is 0 Å². The van der Waals surface area contributed by atoms with Crippen LogP contribution in [0.4, 0.5) is 13.2 Å². The Balaban J connectivity index is 1.47. The molecule has 0 aliphatic rings. The summed E-state index contributed by atoms with van der Waals surface area (Å²) >= 11 is 0. The van der Waals surface area contributed by atoms with Crippen molar-refractivity contribution in [2.45, 2.75) is 240 Å². The van der Waals surface area contributed by atoms with E-state index in [9.17, 15) is 21.6 Å². The van der Waals surface area contributed by atoms with Crippen LogP contribution >= 0.6 is 10.3 Å². The van der Waals surface area contributed by atoms with E-state index in [1.54, 1.807) is 78.9 Å². The molecular formula is C55H88F3O5S2+. The number of alkyl halides is 3. The van der Waals surface area contributed by atoms with Gasteiger partial charge in [-0.05, 0) is 73.5 Å². The van der Waals surface area contributed by atoms with E-state index in [0.29, 0.717) is 39.4 Å². The summed E-state index contributed by atoms with van der Waals surface area (Å²) in [6.07, 6.45) is 41.3. The Morgan fingerprint density at radius 1 is 0.385 bits per heavy atom. The maximum Gasteiger partial charge on any atom is 0.572 e. The van der Waals surface area contributed by atoms with Crippen molar-refractivity contribution in [1.29, 1.82) is 0 Å². The predicted octanol–water partition coefficient (Wildman–Crippen LogP) is 19.1. The van der Waals surface area contributed by atoms with Gasteiger partial charge in [0.15, 0.2) is 0 Å². The maximum absolute atomic E-state index is 14.1. The molecule has 0 saturated carbocycles. The quantitative estimate of drug-likeness (QED) is 0.0246. The van der Waals surface area contributed by atoms with Crippen molar-refractivity contribution >= 4 is 20.4 Å². The number of halogens is 3. The molecule has 0 amide bonds. The van der Waals surface area contributed by atoms with Crippen LogP contribution < -0.4 is 9.47 Å². The molecule has 0 radical (unpaired) electrons. The van der Waals surface area contributed by atoms with Crippen LogP contribution in [0, 0.1) is 0 Å². The highest BCUT2D eigenvalue weighted by Crippen LogP contribution is 2.69. The number of hydrogen-bond acceptors (Lipinski definition) is 4. The van der Waals surface area contributed by atoms with Gasteiger partial charge in [-0.2, -0.15) is 13.2 Å². The second kappa shape index (κ2) is 34.6. The van der Waals surface area contributed by atoms with Gasteiger partial charge in [0.05, 0.1) is 38.2 Å². The van der Waals surface area contributed by atoms with Gasteiger partial charge in [-0.3, -0.25) is 3.63 Å². The van der Waals surface area contributed by atoms with Gasteiger partial charge in [0.2, 0.25) is 0 Å². The third-order valence-electron chi connectivity index (χ3n) is 12.4. The molecule has 0 unspecified atom stereocenters. The maximum atomic E-state index is 14.1. The molecule has 0 bridgehead atoms. The molecule has 0 aromatic heterocycles. The zero-order valence-electron chi connectivity index (χ0n) is 40.6. The van der Waals surface area contributed by atoms with E-state index in [1.807, 2.05) is 0 Å². The van der Waals surface area contributed by atoms with Crippen molar-refractivity contribution in [3.05, 3.63) is 78.9 Å². The number of rotatable bonds is 41. The lowest BCUT2D eigenvalue weighted by Gasteiger charge is -2.35. The zero-order valence-corrected chi connectivity index (χ0v) is 42.2. The Kier molecular flexibility index (Phi) is 30.1. The zero-order chi connectivity index (χ0) is 46.7. The minimum Gasteiger partial charge on any atom is -0.494 e. The van der Waals surface area contributed by atoms with Crippen LogP contribution in [0.1, 0.15) is 219 Å². The van der Waals surface area contributed by atoms with E-state index < -0.39 is 25.9 Å². The average Bonchev–Trinajstić information content (AvgIpc) is 3.30. The fourth-order valence-corrected chi connectivity index (χ4v) is 13.5. The van der Waals surface area contributed by atoms with Gasteiger partial charge < -0.3 is 9.47 Å². The molecule has 3 aromatic rings. The molecule has 10 heteroatoms. The van der Waals surface area contributed by atoms with Crippen molar-refractivity contribution in [2.24, 2.45) is 0 Å². The Hall–Kier alpha value is -2.69. The molecular weight excluding hydrogens is 862 g/mol. The summed E-state index contributed by atoms with van der Waals surface area (Å²) in [7, 11) is -9.21. The summed E-state index contributed by atoms with van der Waals surface area (Å²) in [5.74, 6) is 1.15. The highest BCUT2D eigenvalue weighted by molar-refractivity contribution is 8.32. The monoisotopic (exact) mass is 950 g/mol. The molecule has 0 aliphatic carbocycles. The van der Waals surface area contributed by atoms with Crippen LogP contribution in [-0.2, 0) is 10.1 Å². The van der Waals surface area contributed by atoms with Gasteiger partial charge in [-0.25, -0.2) is 0 Å². The molecule has 5 nitrogen and oxygen atoms in total. The van der Waals surface area contributed by atoms with E-state index in [-0.39, 0.29) is 0 Å². The molecule has 0 fully saturated rings. The summed E-state index contributed by atoms with van der Waals surface area (Å²) < 4.78 is 84.2. The van der Waals surface area contributed by atoms with E-state index in [2.05, 4.69) is 17.5 Å². The Morgan fingerprint density at radius 3 is 0.923 bits per heavy atom. The summed E-state index contributed by atoms with van der Waals surface area (Å²) in [5, 5.41) is 0. The second-order valence-corrected chi connectivity index (χ2v) is 22.7. The number of unbranched alkanes of at least 4 members (excludes halogenated alkanes) is 30. The van der Waals surface area contributed by atoms with E-state index in [1.165, 1.54) is 180 Å². The van der Waals surface area contributed by atoms with Gasteiger partial charge in [0.1, 0.15) is 11.5 Å². The molecule has 370 valence electrons. The van der Waals surface area contributed by atoms with Gasteiger partial charge in [0, 0.05) is 0 Å². The van der Waals surface area contributed by atoms with E-state index >= 15 is 0 Å². The van der Waals surface area contributed by atoms with Gasteiger partial charge in [-0.1, -0.05) is 225 Å². The van der Waals surface area contributed by atoms with Crippen LogP contribution in [-0.4, -0.2) is 30.8 Å². The molecule has 65 heavy (non-hydrogen) atoms. The van der Waals surface area contributed by atoms with Crippen molar-refractivity contribution in [2.75, 3.05) is 13.2 Å². The third kappa shape index (κ3) is 23.3. The smallest absolute Gasteiger partial charge is 0.494 e. The number of ether oxygens (including phenoxy) is 2. The van der Waals surface area contributed by atoms with Crippen LogP contribution in [0.3, 0.4) is 0 Å². The first-order valence-corrected chi connectivity index (χ1v) is 29.1. The SMILES string of the molecule is CCCCCCCCCCCCCCCCCCOc1ccc(S([OH+]S(=O)(=O)C(F)(F)F)(c2ccccc2)c2ccc(OCCCCCCCCCCCCCCCCCC)cc2)cc1. The molecule has 0 atom stereocenters. The molecule has 1 N–H and O–H groups in total. The lowest BCUT2D eigenvalue weighted by Crippen LogP contribution is -2.30. The summed E-state index contributed by atoms with van der Waals surface area (Å²) in [5.41, 5.74) is -5.56. The van der Waals surface area contributed by atoms with Gasteiger partial charge in [-0.15, -0.1) is 8.42 Å². The molecule has 3 rings (SSSR count). The normalized spacial score (nSPS) is 12.4. The fourth-order valence-electron chi connectivity index (χ4n) is 8.49. The largest absolute Gasteiger partial charge is 0.572 e. The summed E-state index contributed by atoms with van der Waals surface area (Å²) in [6.45, 7) is 5.59. The molecule has 0 heterocycles. The first-order valence-electron chi connectivity index (χ1n) is 26.0. The van der Waals surface area contributed by atoms with Crippen molar-refractivity contribution in [1.82, 2.24) is 0 Å². The fraction of sp³-hybridized carbons (Fsp3) is 0.673. The average molecular weight is 950 g/mol. The highest BCUT2D eigenvalue weighted by atomic mass is 32.3. The molecule has 3 aromatic carbocycles. The summed E-state index contributed by atoms with van der Waals surface area (Å²) in [6, 6.07) is 21.9. The Bertz CT molecular complexity index is 1600. The van der Waals surface area contributed by atoms with Crippen molar-refractivity contribution in [3.8, 4) is 11.5 Å². The van der Waals surface area contributed by atoms with E-state index in [0.717, 1.165) is 25.7 Å². The molecule has 0 spiro atoms. The van der Waals surface area contributed by atoms with Crippen LogP contribution in [0.25, 0.3) is 0 Å². The lowest BCUT2D eigenvalue weighted by molar-refractivity contribution is -0.0540. The summed E-state index contributed by atoms with van der Waals surface area (Å²) in [4.78, 5) is 1.08. The third-order valence-corrected chi connectivity index (χ3v) is 17.6. The Morgan fingerprint density at radius 2 is 0.646 bits per heavy atom. The first-order chi connectivity index (χ1) is 31.6. The molecule has 0 aliphatic heterocycles. The van der Waals surface area contributed by atoms with Gasteiger partial charge >= 0.3 is 15.6 Å². The van der Waals surface area contributed by atoms with E-state index in [4.69, 9.17) is 9.47 Å². The minimum atomic E-state index is -5.90. The van der Waals surface area contributed by atoms with Gasteiger partial charge in [0.25, 0.3) is 0 Å². The minimum absolute atomic E-state index is 0.355. The number of hydrogen-bond donors (Lipinski definition) is 0. The highest BCUT2D eigenvalue weighted by Gasteiger charge is 2.58. The van der Waals surface area contributed by atoms with Crippen LogP contribution in [0.15, 0.2) is 93.5 Å². The standard InChI is InChI=1S/C55H87F3O5S2/c1-3-5-7-9-11-13-15-17-19-21-23-25-27-29-31-36-48-61-50-40-44-53(45-41-50)64(52-38-34-33-35-39-52,63-65(59,60)55(56,57)58)54-46-42-51(43-47-54)62-49-37-32-30-28-26-24-22-20-18-16-14-12-10-8-6-4-2/h33-35,38-47H,3-32,36-37,48-49H2,1-2H3/p+1. The lowest BCUT2D eigenvalue weighted by atomic mass is 10.0. The predicted molar refractivity (Wildman–Crippen MR) is 269 cm³/mol. The first kappa shape index (κ1) is 56.6. The second-order valence-electron chi connectivity index (χ2n) is 18.1. The van der Waals surface area contributed by atoms with Crippen LogP contribution in [0.5, 0.6) is 11.5 Å². The number of benzene rings is 3. The Labute approximate surface area is 396 Å². The topological polar surface area (TPSA) is 65.4 Å².